The van der Waals surface area contributed by atoms with Crippen molar-refractivity contribution in [3.8, 4) is 0 Å². The van der Waals surface area contributed by atoms with Gasteiger partial charge in [-0.15, -0.1) is 0 Å². The number of nitrogens with zero attached hydrogens (tertiary/aromatic N) is 1. The van der Waals surface area contributed by atoms with Gasteiger partial charge >= 0.3 is 0 Å². The lowest BCUT2D eigenvalue weighted by Gasteiger charge is -2.36. The molecule has 2 heteroatoms. The molecule has 0 saturated carbocycles. The Morgan fingerprint density at radius 1 is 0.920 bits per heavy atom. The van der Waals surface area contributed by atoms with Crippen LogP contribution in [0.4, 0.5) is 0 Å². The van der Waals surface area contributed by atoms with E-state index in [-0.39, 0.29) is 6.10 Å². The van der Waals surface area contributed by atoms with Gasteiger partial charge in [0, 0.05) is 19.1 Å². The second kappa shape index (κ2) is 8.98. The van der Waals surface area contributed by atoms with E-state index in [2.05, 4.69) is 91.6 Å². The Labute approximate surface area is 152 Å². The molecule has 0 unspecified atom stereocenters. The summed E-state index contributed by atoms with van der Waals surface area (Å²) in [6, 6.07) is 21.9. The minimum Gasteiger partial charge on any atom is -0.368 e. The first kappa shape index (κ1) is 17.9. The Kier molecular flexibility index (Phi) is 6.43. The summed E-state index contributed by atoms with van der Waals surface area (Å²) in [6.45, 7) is 7.23. The normalized spacial score (nSPS) is 18.2. The average Bonchev–Trinajstić information content (AvgIpc) is 3.15. The highest BCUT2D eigenvalue weighted by Gasteiger charge is 2.29. The third-order valence-electron chi connectivity index (χ3n) is 4.73. The zero-order valence-electron chi connectivity index (χ0n) is 15.3. The first-order chi connectivity index (χ1) is 12.2. The average molecular weight is 335 g/mol. The molecule has 1 aliphatic heterocycles. The van der Waals surface area contributed by atoms with Gasteiger partial charge in [0.05, 0.1) is 12.7 Å². The SMILES string of the molecule is CC(C)C[C@H]([C@H]1C=CCO1)N(Cc1ccccc1)Cc1ccccc1. The van der Waals surface area contributed by atoms with Crippen LogP contribution in [0.1, 0.15) is 31.4 Å². The van der Waals surface area contributed by atoms with Crippen molar-refractivity contribution in [3.63, 3.8) is 0 Å². The summed E-state index contributed by atoms with van der Waals surface area (Å²) in [7, 11) is 0. The van der Waals surface area contributed by atoms with E-state index in [1.807, 2.05) is 0 Å². The Morgan fingerprint density at radius 3 is 1.92 bits per heavy atom. The lowest BCUT2D eigenvalue weighted by Crippen LogP contribution is -2.43. The Balaban J connectivity index is 1.84. The fraction of sp³-hybridized carbons (Fsp3) is 0.391. The van der Waals surface area contributed by atoms with Gasteiger partial charge in [-0.3, -0.25) is 4.90 Å². The van der Waals surface area contributed by atoms with Crippen LogP contribution in [0.2, 0.25) is 0 Å². The van der Waals surface area contributed by atoms with Crippen molar-refractivity contribution in [2.45, 2.75) is 45.5 Å². The summed E-state index contributed by atoms with van der Waals surface area (Å²) < 4.78 is 6.02. The molecule has 0 spiro atoms. The van der Waals surface area contributed by atoms with Gasteiger partial charge in [-0.2, -0.15) is 0 Å². The fourth-order valence-corrected chi connectivity index (χ4v) is 3.55. The van der Waals surface area contributed by atoms with Crippen LogP contribution in [0.5, 0.6) is 0 Å². The first-order valence-electron chi connectivity index (χ1n) is 9.32. The van der Waals surface area contributed by atoms with Crippen molar-refractivity contribution in [2.24, 2.45) is 5.92 Å². The Morgan fingerprint density at radius 2 is 1.48 bits per heavy atom. The van der Waals surface area contributed by atoms with Crippen molar-refractivity contribution >= 4 is 0 Å². The van der Waals surface area contributed by atoms with E-state index in [0.29, 0.717) is 12.0 Å². The van der Waals surface area contributed by atoms with Gasteiger partial charge in [0.15, 0.2) is 0 Å². The molecule has 2 aromatic rings. The maximum absolute atomic E-state index is 6.02. The number of hydrogen-bond donors (Lipinski definition) is 0. The van der Waals surface area contributed by atoms with Crippen molar-refractivity contribution in [3.05, 3.63) is 83.9 Å². The quantitative estimate of drug-likeness (QED) is 0.625. The molecular weight excluding hydrogens is 306 g/mol. The van der Waals surface area contributed by atoms with E-state index in [9.17, 15) is 0 Å². The predicted octanol–water partition coefficient (Wildman–Crippen LogP) is 5.06. The van der Waals surface area contributed by atoms with E-state index in [4.69, 9.17) is 4.74 Å². The maximum Gasteiger partial charge on any atom is 0.0916 e. The molecule has 0 bridgehead atoms. The van der Waals surface area contributed by atoms with Crippen LogP contribution in [0.15, 0.2) is 72.8 Å². The number of ether oxygens (including phenoxy) is 1. The molecule has 2 nitrogen and oxygen atoms in total. The summed E-state index contributed by atoms with van der Waals surface area (Å²) in [4.78, 5) is 2.59. The molecule has 0 aromatic heterocycles. The highest BCUT2D eigenvalue weighted by molar-refractivity contribution is 5.18. The van der Waals surface area contributed by atoms with Crippen LogP contribution in [0.3, 0.4) is 0 Å². The molecule has 2 atom stereocenters. The molecule has 0 amide bonds. The van der Waals surface area contributed by atoms with Gasteiger partial charge in [-0.25, -0.2) is 0 Å². The van der Waals surface area contributed by atoms with E-state index in [0.717, 1.165) is 26.1 Å². The summed E-state index contributed by atoms with van der Waals surface area (Å²) in [6.07, 6.45) is 5.72. The molecule has 1 heterocycles. The van der Waals surface area contributed by atoms with Crippen LogP contribution in [0, 0.1) is 5.92 Å². The molecule has 1 aliphatic rings. The standard InChI is InChI=1S/C23H29NO/c1-19(2)16-22(23-14-9-15-25-23)24(17-20-10-5-3-6-11-20)18-21-12-7-4-8-13-21/h3-14,19,22-23H,15-18H2,1-2H3/t22-,23-/m1/s1. The first-order valence-corrected chi connectivity index (χ1v) is 9.32. The van der Waals surface area contributed by atoms with Gasteiger partial charge in [0.25, 0.3) is 0 Å². The number of rotatable bonds is 8. The van der Waals surface area contributed by atoms with Crippen LogP contribution in [0.25, 0.3) is 0 Å². The number of hydrogen-bond acceptors (Lipinski definition) is 2. The minimum absolute atomic E-state index is 0.190. The fourth-order valence-electron chi connectivity index (χ4n) is 3.55. The Hall–Kier alpha value is -1.90. The molecule has 3 rings (SSSR count). The highest BCUT2D eigenvalue weighted by Crippen LogP contribution is 2.25. The van der Waals surface area contributed by atoms with E-state index in [1.165, 1.54) is 11.1 Å². The zero-order valence-corrected chi connectivity index (χ0v) is 15.3. The van der Waals surface area contributed by atoms with E-state index in [1.54, 1.807) is 0 Å². The molecule has 0 fully saturated rings. The molecule has 0 saturated heterocycles. The van der Waals surface area contributed by atoms with Crippen LogP contribution < -0.4 is 0 Å². The predicted molar refractivity (Wildman–Crippen MR) is 104 cm³/mol. The van der Waals surface area contributed by atoms with Crippen molar-refractivity contribution in [2.75, 3.05) is 6.61 Å². The largest absolute Gasteiger partial charge is 0.368 e. The third-order valence-corrected chi connectivity index (χ3v) is 4.73. The lowest BCUT2D eigenvalue weighted by atomic mass is 9.96. The van der Waals surface area contributed by atoms with Crippen LogP contribution in [-0.2, 0) is 17.8 Å². The summed E-state index contributed by atoms with van der Waals surface area (Å²) >= 11 is 0. The van der Waals surface area contributed by atoms with Gasteiger partial charge in [0.1, 0.15) is 0 Å². The van der Waals surface area contributed by atoms with E-state index >= 15 is 0 Å². The second-order valence-corrected chi connectivity index (χ2v) is 7.30. The summed E-state index contributed by atoms with van der Waals surface area (Å²) in [5, 5.41) is 0. The Bertz CT molecular complexity index is 609. The molecule has 2 aromatic carbocycles. The molecule has 0 aliphatic carbocycles. The topological polar surface area (TPSA) is 12.5 Å². The maximum atomic E-state index is 6.02. The van der Waals surface area contributed by atoms with Crippen LogP contribution >= 0.6 is 0 Å². The monoisotopic (exact) mass is 335 g/mol. The van der Waals surface area contributed by atoms with Crippen molar-refractivity contribution in [1.82, 2.24) is 4.90 Å². The second-order valence-electron chi connectivity index (χ2n) is 7.30. The summed E-state index contributed by atoms with van der Waals surface area (Å²) in [5.41, 5.74) is 2.71. The molecule has 0 N–H and O–H groups in total. The van der Waals surface area contributed by atoms with Gasteiger partial charge < -0.3 is 4.74 Å². The van der Waals surface area contributed by atoms with Gasteiger partial charge in [-0.1, -0.05) is 86.7 Å². The van der Waals surface area contributed by atoms with E-state index < -0.39 is 0 Å². The molecular formula is C23H29NO. The minimum atomic E-state index is 0.190. The van der Waals surface area contributed by atoms with Gasteiger partial charge in [-0.05, 0) is 23.5 Å². The highest BCUT2D eigenvalue weighted by atomic mass is 16.5. The molecule has 0 radical (unpaired) electrons. The third kappa shape index (κ3) is 5.29. The van der Waals surface area contributed by atoms with Crippen LogP contribution in [-0.4, -0.2) is 23.7 Å². The molecule has 25 heavy (non-hydrogen) atoms. The van der Waals surface area contributed by atoms with Gasteiger partial charge in [0.2, 0.25) is 0 Å². The zero-order chi connectivity index (χ0) is 17.5. The van der Waals surface area contributed by atoms with Crippen molar-refractivity contribution in [1.29, 1.82) is 0 Å². The number of benzene rings is 2. The summed E-state index contributed by atoms with van der Waals surface area (Å²) in [5.74, 6) is 0.636. The molecule has 132 valence electrons. The lowest BCUT2D eigenvalue weighted by molar-refractivity contribution is 0.0209. The van der Waals surface area contributed by atoms with Crippen molar-refractivity contribution < 1.29 is 4.74 Å². The smallest absolute Gasteiger partial charge is 0.0916 e.